The van der Waals surface area contributed by atoms with Crippen LogP contribution in [0, 0.1) is 0 Å². The van der Waals surface area contributed by atoms with Crippen molar-refractivity contribution in [3.63, 3.8) is 0 Å². The predicted molar refractivity (Wildman–Crippen MR) is 136 cm³/mol. The second-order valence-electron chi connectivity index (χ2n) is 8.33. The first-order valence-electron chi connectivity index (χ1n) is 11.5. The van der Waals surface area contributed by atoms with Crippen molar-refractivity contribution in [3.8, 4) is 11.8 Å². The molecule has 9 heteroatoms. The van der Waals surface area contributed by atoms with Crippen LogP contribution in [0.25, 0.3) is 10.8 Å². The van der Waals surface area contributed by atoms with Gasteiger partial charge in [-0.1, -0.05) is 30.3 Å². The second-order valence-corrected chi connectivity index (χ2v) is 8.33. The summed E-state index contributed by atoms with van der Waals surface area (Å²) in [6, 6.07) is 18.2. The number of fused-ring (bicyclic) bond motifs is 1. The molecule has 9 nitrogen and oxygen atoms in total. The first kappa shape index (κ1) is 22.4. The Morgan fingerprint density at radius 2 is 1.66 bits per heavy atom. The molecule has 1 aliphatic heterocycles. The Bertz CT molecular complexity index is 1350. The molecule has 1 amide bonds. The largest absolute Gasteiger partial charge is 0.506 e. The Hall–Kier alpha value is -4.40. The highest BCUT2D eigenvalue weighted by Gasteiger charge is 2.17. The van der Waals surface area contributed by atoms with Crippen LogP contribution in [-0.2, 0) is 0 Å². The van der Waals surface area contributed by atoms with Crippen LogP contribution in [0.5, 0.6) is 11.8 Å². The number of hydrogen-bond acceptors (Lipinski definition) is 8. The molecule has 5 rings (SSSR count). The molecule has 2 heterocycles. The zero-order chi connectivity index (χ0) is 24.2. The van der Waals surface area contributed by atoms with Crippen LogP contribution in [0.2, 0.25) is 0 Å². The van der Waals surface area contributed by atoms with E-state index in [1.807, 2.05) is 36.4 Å². The molecule has 178 valence electrons. The predicted octanol–water partition coefficient (Wildman–Crippen LogP) is 4.73. The minimum atomic E-state index is -0.387. The van der Waals surface area contributed by atoms with Gasteiger partial charge in [0.2, 0.25) is 11.9 Å². The van der Waals surface area contributed by atoms with Gasteiger partial charge in [-0.15, -0.1) is 0 Å². The first-order valence-corrected chi connectivity index (χ1v) is 11.5. The third kappa shape index (κ3) is 4.93. The molecule has 0 atom stereocenters. The fourth-order valence-electron chi connectivity index (χ4n) is 4.13. The van der Waals surface area contributed by atoms with E-state index in [0.29, 0.717) is 23.0 Å². The van der Waals surface area contributed by atoms with Gasteiger partial charge in [0.1, 0.15) is 5.75 Å². The van der Waals surface area contributed by atoms with Crippen molar-refractivity contribution in [2.75, 3.05) is 35.7 Å². The van der Waals surface area contributed by atoms with E-state index in [4.69, 9.17) is 4.74 Å². The lowest BCUT2D eigenvalue weighted by atomic mass is 10.0. The number of benzene rings is 3. The molecule has 0 radical (unpaired) electrons. The van der Waals surface area contributed by atoms with Crippen LogP contribution in [0.15, 0.2) is 60.7 Å². The lowest BCUT2D eigenvalue weighted by Crippen LogP contribution is -2.31. The van der Waals surface area contributed by atoms with Crippen LogP contribution in [0.1, 0.15) is 29.6 Å². The molecule has 1 saturated heterocycles. The van der Waals surface area contributed by atoms with Crippen molar-refractivity contribution in [2.45, 2.75) is 19.3 Å². The molecule has 4 aromatic rings. The summed E-state index contributed by atoms with van der Waals surface area (Å²) in [7, 11) is 1.53. The number of hydrogen-bond donors (Lipinski definition) is 3. The minimum absolute atomic E-state index is 0.0350. The van der Waals surface area contributed by atoms with Crippen LogP contribution in [-0.4, -0.2) is 46.2 Å². The third-order valence-electron chi connectivity index (χ3n) is 5.97. The highest BCUT2D eigenvalue weighted by molar-refractivity contribution is 6.09. The Balaban J connectivity index is 1.30. The minimum Gasteiger partial charge on any atom is -0.506 e. The van der Waals surface area contributed by atoms with Crippen molar-refractivity contribution in [1.82, 2.24) is 15.0 Å². The molecule has 3 N–H and O–H groups in total. The standard InChI is InChI=1S/C26H26N6O3/c1-35-26-30-24(29-25(31-26)32-15-5-2-6-16-32)28-19-12-10-18(11-13-19)27-23(34)21-14-9-17-7-3-4-8-20(17)22(21)33/h3-4,7-14,33H,2,5-6,15-16H2,1H3,(H,27,34)(H,28,29,30,31). The summed E-state index contributed by atoms with van der Waals surface area (Å²) in [5.74, 6) is 0.558. The van der Waals surface area contributed by atoms with Gasteiger partial charge in [0.25, 0.3) is 5.91 Å². The third-order valence-corrected chi connectivity index (χ3v) is 5.97. The van der Waals surface area contributed by atoms with E-state index in [9.17, 15) is 9.90 Å². The number of aromatic hydroxyl groups is 1. The van der Waals surface area contributed by atoms with Gasteiger partial charge in [0, 0.05) is 29.9 Å². The van der Waals surface area contributed by atoms with Crippen LogP contribution in [0.3, 0.4) is 0 Å². The quantitative estimate of drug-likeness (QED) is 0.371. The number of nitrogens with zero attached hydrogens (tertiary/aromatic N) is 4. The van der Waals surface area contributed by atoms with Crippen LogP contribution in [0.4, 0.5) is 23.3 Å². The van der Waals surface area contributed by atoms with Gasteiger partial charge in [0.05, 0.1) is 12.7 Å². The Labute approximate surface area is 202 Å². The van der Waals surface area contributed by atoms with Crippen molar-refractivity contribution >= 4 is 40.0 Å². The van der Waals surface area contributed by atoms with Crippen LogP contribution < -0.4 is 20.3 Å². The van der Waals surface area contributed by atoms with E-state index in [1.54, 1.807) is 24.3 Å². The molecule has 1 aromatic heterocycles. The number of rotatable bonds is 6. The maximum atomic E-state index is 12.8. The fraction of sp³-hybridized carbons (Fsp3) is 0.231. The number of nitrogens with one attached hydrogen (secondary N) is 2. The zero-order valence-corrected chi connectivity index (χ0v) is 19.4. The summed E-state index contributed by atoms with van der Waals surface area (Å²) in [5, 5.41) is 18.1. The van der Waals surface area contributed by atoms with Gasteiger partial charge in [-0.25, -0.2) is 0 Å². The lowest BCUT2D eigenvalue weighted by molar-refractivity contribution is 0.102. The highest BCUT2D eigenvalue weighted by atomic mass is 16.5. The van der Waals surface area contributed by atoms with Gasteiger partial charge < -0.3 is 25.4 Å². The van der Waals surface area contributed by atoms with Crippen molar-refractivity contribution < 1.29 is 14.6 Å². The molecule has 1 fully saturated rings. The Kier molecular flexibility index (Phi) is 6.30. The number of piperidine rings is 1. The number of carbonyl (C=O) groups excluding carboxylic acids is 1. The van der Waals surface area contributed by atoms with Gasteiger partial charge in [0.15, 0.2) is 0 Å². The summed E-state index contributed by atoms with van der Waals surface area (Å²) in [4.78, 5) is 28.2. The van der Waals surface area contributed by atoms with Gasteiger partial charge >= 0.3 is 6.01 Å². The van der Waals surface area contributed by atoms with E-state index >= 15 is 0 Å². The molecule has 1 aliphatic rings. The lowest BCUT2D eigenvalue weighted by Gasteiger charge is -2.26. The number of amides is 1. The molecule has 0 aliphatic carbocycles. The number of aromatic nitrogens is 3. The maximum Gasteiger partial charge on any atom is 0.322 e. The highest BCUT2D eigenvalue weighted by Crippen LogP contribution is 2.29. The SMILES string of the molecule is COc1nc(Nc2ccc(NC(=O)c3ccc4ccccc4c3O)cc2)nc(N2CCCCC2)n1. The van der Waals surface area contributed by atoms with Gasteiger partial charge in [-0.3, -0.25) is 4.79 Å². The average Bonchev–Trinajstić information content (AvgIpc) is 2.90. The second kappa shape index (κ2) is 9.84. The maximum absolute atomic E-state index is 12.8. The molecule has 35 heavy (non-hydrogen) atoms. The summed E-state index contributed by atoms with van der Waals surface area (Å²) in [6.45, 7) is 1.82. The normalized spacial score (nSPS) is 13.5. The molecule has 3 aromatic carbocycles. The average molecular weight is 471 g/mol. The molecule has 0 bridgehead atoms. The Morgan fingerprint density at radius 1 is 0.914 bits per heavy atom. The summed E-state index contributed by atoms with van der Waals surface area (Å²) in [5.41, 5.74) is 1.55. The summed E-state index contributed by atoms with van der Waals surface area (Å²) in [6.07, 6.45) is 3.44. The topological polar surface area (TPSA) is 112 Å². The number of phenols is 1. The molecular weight excluding hydrogens is 444 g/mol. The number of ether oxygens (including phenoxy) is 1. The molecule has 0 unspecified atom stereocenters. The van der Waals surface area contributed by atoms with Crippen molar-refractivity contribution in [3.05, 3.63) is 66.2 Å². The first-order chi connectivity index (χ1) is 17.1. The monoisotopic (exact) mass is 470 g/mol. The summed E-state index contributed by atoms with van der Waals surface area (Å²) < 4.78 is 5.27. The fourth-order valence-corrected chi connectivity index (χ4v) is 4.13. The van der Waals surface area contributed by atoms with Crippen molar-refractivity contribution in [1.29, 1.82) is 0 Å². The van der Waals surface area contributed by atoms with E-state index in [1.165, 1.54) is 13.5 Å². The van der Waals surface area contributed by atoms with E-state index in [2.05, 4.69) is 30.5 Å². The van der Waals surface area contributed by atoms with E-state index in [0.717, 1.165) is 37.0 Å². The smallest absolute Gasteiger partial charge is 0.322 e. The summed E-state index contributed by atoms with van der Waals surface area (Å²) >= 11 is 0. The zero-order valence-electron chi connectivity index (χ0n) is 19.4. The molecule has 0 spiro atoms. The van der Waals surface area contributed by atoms with E-state index < -0.39 is 0 Å². The van der Waals surface area contributed by atoms with Gasteiger partial charge in [-0.05, 0) is 55.0 Å². The molecule has 0 saturated carbocycles. The van der Waals surface area contributed by atoms with Gasteiger partial charge in [-0.2, -0.15) is 15.0 Å². The Morgan fingerprint density at radius 3 is 2.43 bits per heavy atom. The number of carbonyl (C=O) groups is 1. The molecular formula is C26H26N6O3. The van der Waals surface area contributed by atoms with Crippen LogP contribution >= 0.6 is 0 Å². The number of methoxy groups -OCH3 is 1. The number of anilines is 4. The number of phenolic OH excluding ortho intramolecular Hbond substituents is 1. The van der Waals surface area contributed by atoms with E-state index in [-0.39, 0.29) is 23.2 Å². The van der Waals surface area contributed by atoms with Crippen molar-refractivity contribution in [2.24, 2.45) is 0 Å².